The highest BCUT2D eigenvalue weighted by Gasteiger charge is 2.34. The molecule has 0 aromatic rings. The number of carbonyl (C=O) groups is 1. The Labute approximate surface area is 124 Å². The molecule has 4 heteroatoms. The fourth-order valence-electron chi connectivity index (χ4n) is 2.74. The number of hydrogen-bond acceptors (Lipinski definition) is 3. The number of nitrogens with zero attached hydrogens (tertiary/aromatic N) is 1. The van der Waals surface area contributed by atoms with Crippen molar-refractivity contribution in [2.75, 3.05) is 26.7 Å². The first-order valence-corrected chi connectivity index (χ1v) is 8.14. The molecule has 0 aromatic heterocycles. The normalized spacial score (nSPS) is 14.8. The summed E-state index contributed by atoms with van der Waals surface area (Å²) in [6.07, 6.45) is 4.68. The van der Waals surface area contributed by atoms with Gasteiger partial charge in [0.1, 0.15) is 5.54 Å². The lowest BCUT2D eigenvalue weighted by Gasteiger charge is -2.30. The van der Waals surface area contributed by atoms with Crippen LogP contribution in [0.2, 0.25) is 0 Å². The molecular weight excluding hydrogens is 252 g/mol. The molecule has 0 heterocycles. The van der Waals surface area contributed by atoms with Gasteiger partial charge in [0.2, 0.25) is 0 Å². The molecule has 0 aromatic carbocycles. The summed E-state index contributed by atoms with van der Waals surface area (Å²) in [6, 6.07) is 0. The molecular formula is C16H34N2O2. The van der Waals surface area contributed by atoms with Gasteiger partial charge in [0.25, 0.3) is 0 Å². The summed E-state index contributed by atoms with van der Waals surface area (Å²) in [5.41, 5.74) is -0.756. The molecule has 0 amide bonds. The van der Waals surface area contributed by atoms with E-state index in [4.69, 9.17) is 0 Å². The zero-order valence-corrected chi connectivity index (χ0v) is 14.0. The number of carboxylic acids is 1. The summed E-state index contributed by atoms with van der Waals surface area (Å²) in [6.45, 7) is 11.8. The Morgan fingerprint density at radius 1 is 1.25 bits per heavy atom. The van der Waals surface area contributed by atoms with Gasteiger partial charge in [-0.1, -0.05) is 40.5 Å². The second kappa shape index (κ2) is 10.2. The number of aliphatic carboxylic acids is 1. The third-order valence-corrected chi connectivity index (χ3v) is 4.69. The highest BCUT2D eigenvalue weighted by atomic mass is 16.4. The molecule has 0 aliphatic heterocycles. The van der Waals surface area contributed by atoms with Gasteiger partial charge in [-0.3, -0.25) is 4.79 Å². The van der Waals surface area contributed by atoms with Gasteiger partial charge in [0, 0.05) is 6.54 Å². The lowest BCUT2D eigenvalue weighted by molar-refractivity contribution is -0.145. The second-order valence-electron chi connectivity index (χ2n) is 5.67. The zero-order chi connectivity index (χ0) is 15.6. The number of hydrogen-bond donors (Lipinski definition) is 2. The Morgan fingerprint density at radius 3 is 2.20 bits per heavy atom. The summed E-state index contributed by atoms with van der Waals surface area (Å²) in [5.74, 6) is 0.0280. The molecule has 20 heavy (non-hydrogen) atoms. The van der Waals surface area contributed by atoms with Gasteiger partial charge in [-0.05, 0) is 45.3 Å². The van der Waals surface area contributed by atoms with E-state index in [1.807, 2.05) is 6.92 Å². The number of likely N-dealkylation sites (N-methyl/N-ethyl adjacent to an activating group) is 1. The third kappa shape index (κ3) is 5.80. The van der Waals surface area contributed by atoms with Crippen LogP contribution in [0, 0.1) is 5.92 Å². The smallest absolute Gasteiger partial charge is 0.323 e. The van der Waals surface area contributed by atoms with Gasteiger partial charge >= 0.3 is 5.97 Å². The van der Waals surface area contributed by atoms with Crippen molar-refractivity contribution in [3.8, 4) is 0 Å². The molecule has 4 nitrogen and oxygen atoms in total. The topological polar surface area (TPSA) is 52.6 Å². The molecule has 1 unspecified atom stereocenters. The van der Waals surface area contributed by atoms with Crippen LogP contribution in [0.25, 0.3) is 0 Å². The van der Waals surface area contributed by atoms with Crippen molar-refractivity contribution in [3.05, 3.63) is 0 Å². The maximum absolute atomic E-state index is 11.4. The van der Waals surface area contributed by atoms with Crippen LogP contribution in [0.3, 0.4) is 0 Å². The molecule has 1 atom stereocenters. The van der Waals surface area contributed by atoms with Crippen molar-refractivity contribution in [2.45, 2.75) is 65.3 Å². The molecule has 0 bridgehead atoms. The first-order chi connectivity index (χ1) is 9.49. The summed E-state index contributed by atoms with van der Waals surface area (Å²) < 4.78 is 0. The van der Waals surface area contributed by atoms with Crippen LogP contribution in [0.15, 0.2) is 0 Å². The van der Waals surface area contributed by atoms with Gasteiger partial charge in [0.15, 0.2) is 0 Å². The lowest BCUT2D eigenvalue weighted by Crippen LogP contribution is -2.50. The van der Waals surface area contributed by atoms with Gasteiger partial charge in [0.05, 0.1) is 0 Å². The maximum Gasteiger partial charge on any atom is 0.323 e. The van der Waals surface area contributed by atoms with Crippen molar-refractivity contribution in [1.29, 1.82) is 0 Å². The molecule has 0 fully saturated rings. The second-order valence-corrected chi connectivity index (χ2v) is 5.67. The van der Waals surface area contributed by atoms with Crippen molar-refractivity contribution in [1.82, 2.24) is 10.2 Å². The summed E-state index contributed by atoms with van der Waals surface area (Å²) in [5, 5.41) is 12.4. The van der Waals surface area contributed by atoms with Crippen molar-refractivity contribution >= 4 is 5.97 Å². The minimum absolute atomic E-state index is 0.623. The Kier molecular flexibility index (Phi) is 9.86. The Balaban J connectivity index is 4.33. The van der Waals surface area contributed by atoms with Gasteiger partial charge in [-0.15, -0.1) is 0 Å². The minimum atomic E-state index is -0.756. The third-order valence-electron chi connectivity index (χ3n) is 4.69. The molecule has 0 rings (SSSR count). The van der Waals surface area contributed by atoms with Gasteiger partial charge in [-0.25, -0.2) is 0 Å². The molecule has 0 saturated heterocycles. The average molecular weight is 286 g/mol. The summed E-state index contributed by atoms with van der Waals surface area (Å²) in [7, 11) is 1.75. The van der Waals surface area contributed by atoms with Gasteiger partial charge in [-0.2, -0.15) is 0 Å². The highest BCUT2D eigenvalue weighted by Crippen LogP contribution is 2.18. The molecule has 2 N–H and O–H groups in total. The molecule has 0 saturated carbocycles. The van der Waals surface area contributed by atoms with E-state index in [0.29, 0.717) is 12.8 Å². The number of rotatable bonds is 12. The van der Waals surface area contributed by atoms with Crippen molar-refractivity contribution < 1.29 is 9.90 Å². The summed E-state index contributed by atoms with van der Waals surface area (Å²) >= 11 is 0. The van der Waals surface area contributed by atoms with Crippen LogP contribution in [0.4, 0.5) is 0 Å². The molecule has 120 valence electrons. The predicted molar refractivity (Wildman–Crippen MR) is 85.1 cm³/mol. The van der Waals surface area contributed by atoms with E-state index in [9.17, 15) is 9.90 Å². The SMILES string of the molecule is CCC(CC)CN(CC)CCCC(CC)(NC)C(=O)O. The Hall–Kier alpha value is -0.610. The fraction of sp³-hybridized carbons (Fsp3) is 0.938. The van der Waals surface area contributed by atoms with Crippen LogP contribution in [-0.4, -0.2) is 48.2 Å². The van der Waals surface area contributed by atoms with E-state index in [2.05, 4.69) is 31.0 Å². The van der Waals surface area contributed by atoms with Crippen LogP contribution in [-0.2, 0) is 4.79 Å². The van der Waals surface area contributed by atoms with E-state index in [-0.39, 0.29) is 0 Å². The standard InChI is InChI=1S/C16H34N2O2/c1-6-14(7-2)13-18(9-4)12-10-11-16(8-3,17-5)15(19)20/h14,17H,6-13H2,1-5H3,(H,19,20). The predicted octanol–water partition coefficient (Wildman–Crippen LogP) is 2.98. The Morgan fingerprint density at radius 2 is 1.85 bits per heavy atom. The maximum atomic E-state index is 11.4. The zero-order valence-electron chi connectivity index (χ0n) is 14.0. The fourth-order valence-corrected chi connectivity index (χ4v) is 2.74. The van der Waals surface area contributed by atoms with E-state index < -0.39 is 11.5 Å². The van der Waals surface area contributed by atoms with E-state index in [1.165, 1.54) is 12.8 Å². The van der Waals surface area contributed by atoms with Crippen molar-refractivity contribution in [3.63, 3.8) is 0 Å². The first kappa shape index (κ1) is 19.4. The first-order valence-electron chi connectivity index (χ1n) is 8.14. The van der Waals surface area contributed by atoms with Crippen LogP contribution < -0.4 is 5.32 Å². The lowest BCUT2D eigenvalue weighted by atomic mass is 9.90. The summed E-state index contributed by atoms with van der Waals surface area (Å²) in [4.78, 5) is 13.9. The molecule has 0 radical (unpaired) electrons. The largest absolute Gasteiger partial charge is 0.480 e. The quantitative estimate of drug-likeness (QED) is 0.579. The monoisotopic (exact) mass is 286 g/mol. The number of nitrogens with one attached hydrogen (secondary N) is 1. The van der Waals surface area contributed by atoms with Crippen LogP contribution in [0.5, 0.6) is 0 Å². The highest BCUT2D eigenvalue weighted by molar-refractivity contribution is 5.78. The van der Waals surface area contributed by atoms with Crippen LogP contribution in [0.1, 0.15) is 59.8 Å². The minimum Gasteiger partial charge on any atom is -0.480 e. The number of carboxylic acid groups (broad SMARTS) is 1. The molecule has 0 aliphatic rings. The van der Waals surface area contributed by atoms with Crippen LogP contribution >= 0.6 is 0 Å². The van der Waals surface area contributed by atoms with E-state index >= 15 is 0 Å². The molecule has 0 spiro atoms. The van der Waals surface area contributed by atoms with Gasteiger partial charge < -0.3 is 15.3 Å². The Bertz CT molecular complexity index is 261. The average Bonchev–Trinajstić information content (AvgIpc) is 2.47. The van der Waals surface area contributed by atoms with Crippen molar-refractivity contribution in [2.24, 2.45) is 5.92 Å². The van der Waals surface area contributed by atoms with E-state index in [1.54, 1.807) is 7.05 Å². The molecule has 0 aliphatic carbocycles. The van der Waals surface area contributed by atoms with E-state index in [0.717, 1.165) is 32.0 Å².